The van der Waals surface area contributed by atoms with Crippen LogP contribution in [0.2, 0.25) is 0 Å². The minimum atomic E-state index is -0.740. The van der Waals surface area contributed by atoms with Gasteiger partial charge in [0.25, 0.3) is 0 Å². The summed E-state index contributed by atoms with van der Waals surface area (Å²) in [5.41, 5.74) is 1.91. The number of rotatable bonds is 5. The van der Waals surface area contributed by atoms with Gasteiger partial charge >= 0.3 is 0 Å². The second-order valence-electron chi connectivity index (χ2n) is 9.07. The van der Waals surface area contributed by atoms with E-state index in [1.165, 1.54) is 6.20 Å². The molecule has 3 aliphatic carbocycles. The summed E-state index contributed by atoms with van der Waals surface area (Å²) in [6.07, 6.45) is 6.76. The van der Waals surface area contributed by atoms with Gasteiger partial charge in [-0.15, -0.1) is 0 Å². The van der Waals surface area contributed by atoms with Crippen molar-refractivity contribution in [2.24, 2.45) is 5.92 Å². The average molecular weight is 426 g/mol. The Morgan fingerprint density at radius 2 is 2.06 bits per heavy atom. The van der Waals surface area contributed by atoms with Gasteiger partial charge in [0.2, 0.25) is 0 Å². The summed E-state index contributed by atoms with van der Waals surface area (Å²) >= 11 is 0. The highest BCUT2D eigenvalue weighted by atomic mass is 19.1. The molecule has 31 heavy (non-hydrogen) atoms. The molecular weight excluding hydrogens is 402 g/mol. The molecule has 7 nitrogen and oxygen atoms in total. The first kappa shape index (κ1) is 18.9. The summed E-state index contributed by atoms with van der Waals surface area (Å²) in [5.74, 6) is 0.0976. The predicted molar refractivity (Wildman–Crippen MR) is 111 cm³/mol. The largest absolute Gasteiger partial charge is 0.495 e. The Hall–Kier alpha value is -2.81. The number of aromatic nitrogens is 4. The predicted octanol–water partition coefficient (Wildman–Crippen LogP) is 3.29. The van der Waals surface area contributed by atoms with Gasteiger partial charge in [-0.25, -0.2) is 23.3 Å². The van der Waals surface area contributed by atoms with Gasteiger partial charge in [-0.3, -0.25) is 0 Å². The Kier molecular flexibility index (Phi) is 4.18. The minimum absolute atomic E-state index is 0.0291. The highest BCUT2D eigenvalue weighted by Gasteiger charge is 2.59. The van der Waals surface area contributed by atoms with Crippen LogP contribution in [-0.4, -0.2) is 45.8 Å². The molecule has 0 radical (unpaired) electrons. The van der Waals surface area contributed by atoms with Crippen LogP contribution in [0.3, 0.4) is 0 Å². The van der Waals surface area contributed by atoms with E-state index in [0.29, 0.717) is 17.1 Å². The number of piperidine rings is 1. The van der Waals surface area contributed by atoms with E-state index in [9.17, 15) is 8.78 Å². The topological polar surface area (TPSA) is 76.4 Å². The van der Waals surface area contributed by atoms with E-state index in [1.54, 1.807) is 11.6 Å². The van der Waals surface area contributed by atoms with Crippen molar-refractivity contribution in [3.63, 3.8) is 0 Å². The van der Waals surface area contributed by atoms with Crippen LogP contribution in [0.15, 0.2) is 18.3 Å². The smallest absolute Gasteiger partial charge is 0.168 e. The molecular formula is C22H24F2N6O. The van der Waals surface area contributed by atoms with E-state index >= 15 is 0 Å². The van der Waals surface area contributed by atoms with Gasteiger partial charge in [0.15, 0.2) is 23.1 Å². The van der Waals surface area contributed by atoms with Crippen molar-refractivity contribution in [3.8, 4) is 17.1 Å². The molecule has 0 spiro atoms. The van der Waals surface area contributed by atoms with Gasteiger partial charge in [-0.05, 0) is 44.6 Å². The van der Waals surface area contributed by atoms with Crippen LogP contribution in [0, 0.1) is 17.6 Å². The first-order valence-corrected chi connectivity index (χ1v) is 10.8. The molecule has 7 rings (SSSR count). The maximum atomic E-state index is 14.8. The zero-order valence-electron chi connectivity index (χ0n) is 17.3. The number of anilines is 1. The Morgan fingerprint density at radius 3 is 2.74 bits per heavy atom. The quantitative estimate of drug-likeness (QED) is 0.652. The van der Waals surface area contributed by atoms with Gasteiger partial charge in [-0.1, -0.05) is 0 Å². The molecule has 1 saturated heterocycles. The molecule has 9 heteroatoms. The molecule has 1 atom stereocenters. The number of ether oxygens (including phenoxy) is 1. The third kappa shape index (κ3) is 2.90. The van der Waals surface area contributed by atoms with Crippen LogP contribution >= 0.6 is 0 Å². The third-order valence-corrected chi connectivity index (χ3v) is 7.03. The van der Waals surface area contributed by atoms with Crippen molar-refractivity contribution in [2.75, 3.05) is 25.5 Å². The number of nitrogens with one attached hydrogen (secondary N) is 2. The average Bonchev–Trinajstić information content (AvgIpc) is 3.10. The van der Waals surface area contributed by atoms with Gasteiger partial charge in [-0.2, -0.15) is 5.10 Å². The second kappa shape index (κ2) is 6.85. The number of nitrogens with zero attached hydrogens (tertiary/aromatic N) is 4. The molecule has 3 saturated carbocycles. The van der Waals surface area contributed by atoms with Crippen LogP contribution < -0.4 is 15.4 Å². The lowest BCUT2D eigenvalue weighted by Gasteiger charge is -2.61. The Balaban J connectivity index is 1.43. The number of hydrogen-bond donors (Lipinski definition) is 2. The molecule has 0 unspecified atom stereocenters. The van der Waals surface area contributed by atoms with Crippen LogP contribution in [-0.2, 0) is 5.41 Å². The van der Waals surface area contributed by atoms with Gasteiger partial charge in [0, 0.05) is 30.1 Å². The monoisotopic (exact) mass is 426 g/mol. The number of halogens is 2. The Morgan fingerprint density at radius 1 is 1.23 bits per heavy atom. The fourth-order valence-corrected chi connectivity index (χ4v) is 5.27. The highest BCUT2D eigenvalue weighted by molar-refractivity contribution is 5.63. The molecule has 162 valence electrons. The van der Waals surface area contributed by atoms with Crippen molar-refractivity contribution in [1.29, 1.82) is 0 Å². The molecule has 0 amide bonds. The number of hydrogen-bond acceptors (Lipinski definition) is 6. The van der Waals surface area contributed by atoms with E-state index in [-0.39, 0.29) is 23.0 Å². The van der Waals surface area contributed by atoms with E-state index in [2.05, 4.69) is 20.6 Å². The minimum Gasteiger partial charge on any atom is -0.495 e. The molecule has 3 aromatic heterocycles. The van der Waals surface area contributed by atoms with E-state index < -0.39 is 11.6 Å². The van der Waals surface area contributed by atoms with Crippen LogP contribution in [0.4, 0.5) is 14.6 Å². The van der Waals surface area contributed by atoms with Gasteiger partial charge in [0.05, 0.1) is 13.3 Å². The third-order valence-electron chi connectivity index (χ3n) is 7.03. The summed E-state index contributed by atoms with van der Waals surface area (Å²) < 4.78 is 36.5. The summed E-state index contributed by atoms with van der Waals surface area (Å²) in [6.45, 7) is 1.67. The lowest BCUT2D eigenvalue weighted by molar-refractivity contribution is -0.0333. The van der Waals surface area contributed by atoms with E-state index in [4.69, 9.17) is 9.84 Å². The fourth-order valence-electron chi connectivity index (χ4n) is 5.27. The van der Waals surface area contributed by atoms with E-state index in [1.807, 2.05) is 6.07 Å². The van der Waals surface area contributed by atoms with Crippen LogP contribution in [0.5, 0.6) is 5.75 Å². The Labute approximate surface area is 178 Å². The van der Waals surface area contributed by atoms with Crippen LogP contribution in [0.25, 0.3) is 17.0 Å². The Bertz CT molecular complexity index is 1160. The summed E-state index contributed by atoms with van der Waals surface area (Å²) in [7, 11) is 1.63. The number of fused-ring (bicyclic) bond motifs is 1. The number of pyridine rings is 1. The number of methoxy groups -OCH3 is 1. The van der Waals surface area contributed by atoms with Crippen molar-refractivity contribution in [1.82, 2.24) is 24.9 Å². The maximum absolute atomic E-state index is 14.8. The van der Waals surface area contributed by atoms with E-state index in [0.717, 1.165) is 62.9 Å². The molecule has 4 fully saturated rings. The van der Waals surface area contributed by atoms with Gasteiger partial charge < -0.3 is 15.4 Å². The fraction of sp³-hybridized carbons (Fsp3) is 0.500. The normalized spacial score (nSPS) is 26.9. The van der Waals surface area contributed by atoms with Crippen molar-refractivity contribution < 1.29 is 13.5 Å². The lowest BCUT2D eigenvalue weighted by atomic mass is 9.43. The number of imidazole rings is 1. The first-order valence-electron chi connectivity index (χ1n) is 10.8. The second-order valence-corrected chi connectivity index (χ2v) is 9.07. The summed E-state index contributed by atoms with van der Waals surface area (Å²) in [6, 6.07) is 2.77. The van der Waals surface area contributed by atoms with Crippen molar-refractivity contribution in [2.45, 2.75) is 43.6 Å². The molecule has 4 heterocycles. The molecule has 3 aromatic rings. The standard InChI is InChI=1S/C22H24F2N6O/c1-31-17-6-18-26-11-16(30(18)29-20(17)22-7-12(8-22)9-22)19-14(23)5-15(24)21(28-19)27-13-3-2-4-25-10-13/h5-6,11-13,25H,2-4,7-10H2,1H3,(H,27,28)/t12?,13-,22?/m1/s1. The van der Waals surface area contributed by atoms with Gasteiger partial charge in [0.1, 0.15) is 22.8 Å². The molecule has 2 bridgehead atoms. The van der Waals surface area contributed by atoms with Crippen molar-refractivity contribution in [3.05, 3.63) is 35.7 Å². The van der Waals surface area contributed by atoms with Crippen LogP contribution in [0.1, 0.15) is 37.8 Å². The highest BCUT2D eigenvalue weighted by Crippen LogP contribution is 2.66. The summed E-state index contributed by atoms with van der Waals surface area (Å²) in [4.78, 5) is 8.70. The molecule has 0 aromatic carbocycles. The molecule has 2 N–H and O–H groups in total. The first-order chi connectivity index (χ1) is 15.1. The maximum Gasteiger partial charge on any atom is 0.168 e. The lowest BCUT2D eigenvalue weighted by Crippen LogP contribution is -2.56. The zero-order chi connectivity index (χ0) is 21.2. The molecule has 4 aliphatic rings. The summed E-state index contributed by atoms with van der Waals surface area (Å²) in [5, 5.41) is 11.2. The SMILES string of the molecule is COc1cc2ncc(-c3nc(N[C@@H]4CCCNC4)c(F)cc3F)n2nc1C12CC(C1)C2. The van der Waals surface area contributed by atoms with Crippen molar-refractivity contribution >= 4 is 11.5 Å². The molecule has 1 aliphatic heterocycles. The zero-order valence-corrected chi connectivity index (χ0v) is 17.3.